The average molecular weight is 174 g/mol. The van der Waals surface area contributed by atoms with Gasteiger partial charge in [0.2, 0.25) is 0 Å². The first-order valence-electron chi connectivity index (χ1n) is 4.32. The van der Waals surface area contributed by atoms with Gasteiger partial charge >= 0.3 is 0 Å². The quantitative estimate of drug-likeness (QED) is 0.554. The Morgan fingerprint density at radius 1 is 1.50 bits per heavy atom. The Morgan fingerprint density at radius 3 is 2.67 bits per heavy atom. The third-order valence-electron chi connectivity index (χ3n) is 2.10. The summed E-state index contributed by atoms with van der Waals surface area (Å²) < 4.78 is 10.2. The van der Waals surface area contributed by atoms with E-state index in [0.717, 1.165) is 19.6 Å². The number of rotatable bonds is 6. The largest absolute Gasteiger partial charge is 0.382 e. The smallest absolute Gasteiger partial charge is 0.0928 e. The monoisotopic (exact) mass is 174 g/mol. The van der Waals surface area contributed by atoms with E-state index in [9.17, 15) is 0 Å². The molecule has 1 atom stereocenters. The molecule has 0 aromatic carbocycles. The molecule has 4 nitrogen and oxygen atoms in total. The predicted octanol–water partition coefficient (Wildman–Crippen LogP) is -0.791. The molecule has 0 spiro atoms. The summed E-state index contributed by atoms with van der Waals surface area (Å²) in [6.45, 7) is 3.67. The predicted molar refractivity (Wildman–Crippen MR) is 47.3 cm³/mol. The van der Waals surface area contributed by atoms with Gasteiger partial charge in [0.1, 0.15) is 0 Å². The molecule has 1 fully saturated rings. The van der Waals surface area contributed by atoms with Crippen molar-refractivity contribution in [2.75, 3.05) is 40.5 Å². The van der Waals surface area contributed by atoms with Gasteiger partial charge < -0.3 is 20.1 Å². The zero-order valence-corrected chi connectivity index (χ0v) is 7.80. The van der Waals surface area contributed by atoms with E-state index in [1.54, 1.807) is 14.2 Å². The lowest BCUT2D eigenvalue weighted by Gasteiger charge is -2.29. The van der Waals surface area contributed by atoms with Crippen molar-refractivity contribution in [3.8, 4) is 0 Å². The highest BCUT2D eigenvalue weighted by Crippen LogP contribution is 1.93. The summed E-state index contributed by atoms with van der Waals surface area (Å²) in [5.41, 5.74) is 0. The molecule has 1 saturated heterocycles. The van der Waals surface area contributed by atoms with E-state index in [0.29, 0.717) is 12.6 Å². The van der Waals surface area contributed by atoms with Crippen LogP contribution in [-0.4, -0.2) is 52.6 Å². The van der Waals surface area contributed by atoms with Crippen molar-refractivity contribution in [3.63, 3.8) is 0 Å². The van der Waals surface area contributed by atoms with Gasteiger partial charge in [-0.3, -0.25) is 0 Å². The van der Waals surface area contributed by atoms with Gasteiger partial charge in [-0.1, -0.05) is 0 Å². The highest BCUT2D eigenvalue weighted by atomic mass is 16.5. The summed E-state index contributed by atoms with van der Waals surface area (Å²) in [6.07, 6.45) is 0.176. The Bertz CT molecular complexity index is 118. The lowest BCUT2D eigenvalue weighted by Crippen LogP contribution is -2.57. The fourth-order valence-corrected chi connectivity index (χ4v) is 1.13. The third-order valence-corrected chi connectivity index (χ3v) is 2.10. The minimum Gasteiger partial charge on any atom is -0.382 e. The fraction of sp³-hybridized carbons (Fsp3) is 1.00. The topological polar surface area (TPSA) is 42.5 Å². The Morgan fingerprint density at radius 2 is 2.25 bits per heavy atom. The van der Waals surface area contributed by atoms with Crippen molar-refractivity contribution in [3.05, 3.63) is 0 Å². The molecule has 1 aliphatic heterocycles. The van der Waals surface area contributed by atoms with Crippen LogP contribution >= 0.6 is 0 Å². The molecule has 0 saturated carbocycles. The lowest BCUT2D eigenvalue weighted by atomic mass is 10.2. The van der Waals surface area contributed by atoms with E-state index in [1.807, 2.05) is 0 Å². The van der Waals surface area contributed by atoms with Crippen molar-refractivity contribution < 1.29 is 9.47 Å². The van der Waals surface area contributed by atoms with Crippen LogP contribution in [0.3, 0.4) is 0 Å². The van der Waals surface area contributed by atoms with Crippen molar-refractivity contribution >= 4 is 0 Å². The number of methoxy groups -OCH3 is 2. The molecule has 0 aromatic rings. The van der Waals surface area contributed by atoms with E-state index in [2.05, 4.69) is 10.6 Å². The van der Waals surface area contributed by atoms with Gasteiger partial charge in [0.05, 0.1) is 12.7 Å². The second-order valence-corrected chi connectivity index (χ2v) is 3.08. The minimum atomic E-state index is 0.176. The van der Waals surface area contributed by atoms with Crippen molar-refractivity contribution in [1.29, 1.82) is 0 Å². The summed E-state index contributed by atoms with van der Waals surface area (Å²) in [7, 11) is 3.40. The molecule has 0 aliphatic carbocycles. The van der Waals surface area contributed by atoms with Crippen LogP contribution in [0.4, 0.5) is 0 Å². The standard InChI is InChI=1S/C8H18N2O2/c1-11-6-8(12-2)5-10-7-3-9-4-7/h7-10H,3-6H2,1-2H3. The van der Waals surface area contributed by atoms with Gasteiger partial charge in [-0.2, -0.15) is 0 Å². The summed E-state index contributed by atoms with van der Waals surface area (Å²) in [5, 5.41) is 6.59. The van der Waals surface area contributed by atoms with Gasteiger partial charge in [0.15, 0.2) is 0 Å². The normalized spacial score (nSPS) is 20.5. The SMILES string of the molecule is COCC(CNC1CNC1)OC. The molecule has 1 unspecified atom stereocenters. The van der Waals surface area contributed by atoms with Crippen molar-refractivity contribution in [2.24, 2.45) is 0 Å². The Balaban J connectivity index is 2.01. The second-order valence-electron chi connectivity index (χ2n) is 3.08. The van der Waals surface area contributed by atoms with Crippen LogP contribution in [-0.2, 0) is 9.47 Å². The second kappa shape index (κ2) is 5.48. The zero-order chi connectivity index (χ0) is 8.81. The van der Waals surface area contributed by atoms with Crippen LogP contribution in [0.1, 0.15) is 0 Å². The highest BCUT2D eigenvalue weighted by molar-refractivity contribution is 4.82. The minimum absolute atomic E-state index is 0.176. The summed E-state index contributed by atoms with van der Waals surface area (Å²) >= 11 is 0. The first-order chi connectivity index (χ1) is 5.86. The fourth-order valence-electron chi connectivity index (χ4n) is 1.13. The van der Waals surface area contributed by atoms with Gasteiger partial charge in [0.25, 0.3) is 0 Å². The summed E-state index contributed by atoms with van der Waals surface area (Å²) in [6, 6.07) is 0.625. The molecule has 1 rings (SSSR count). The molecule has 12 heavy (non-hydrogen) atoms. The van der Waals surface area contributed by atoms with Crippen LogP contribution in [0, 0.1) is 0 Å². The molecule has 2 N–H and O–H groups in total. The Kier molecular flexibility index (Phi) is 4.53. The summed E-state index contributed by atoms with van der Waals surface area (Å²) in [4.78, 5) is 0. The zero-order valence-electron chi connectivity index (χ0n) is 7.80. The molecule has 0 amide bonds. The molecule has 0 bridgehead atoms. The van der Waals surface area contributed by atoms with Gasteiger partial charge in [-0.25, -0.2) is 0 Å². The van der Waals surface area contributed by atoms with E-state index >= 15 is 0 Å². The van der Waals surface area contributed by atoms with Gasteiger partial charge in [0, 0.05) is 39.9 Å². The van der Waals surface area contributed by atoms with E-state index in [4.69, 9.17) is 9.47 Å². The number of hydrogen-bond acceptors (Lipinski definition) is 4. The van der Waals surface area contributed by atoms with Crippen LogP contribution in [0.2, 0.25) is 0 Å². The maximum atomic E-state index is 5.20. The first-order valence-corrected chi connectivity index (χ1v) is 4.32. The van der Waals surface area contributed by atoms with E-state index in [-0.39, 0.29) is 6.10 Å². The maximum absolute atomic E-state index is 5.20. The van der Waals surface area contributed by atoms with Crippen LogP contribution in [0.25, 0.3) is 0 Å². The molecule has 72 valence electrons. The van der Waals surface area contributed by atoms with Crippen LogP contribution in [0.5, 0.6) is 0 Å². The Labute approximate surface area is 73.6 Å². The molecule has 4 heteroatoms. The summed E-state index contributed by atoms with van der Waals surface area (Å²) in [5.74, 6) is 0. The number of nitrogens with one attached hydrogen (secondary N) is 2. The highest BCUT2D eigenvalue weighted by Gasteiger charge is 2.17. The number of ether oxygens (including phenoxy) is 2. The van der Waals surface area contributed by atoms with Crippen molar-refractivity contribution in [1.82, 2.24) is 10.6 Å². The molecular weight excluding hydrogens is 156 g/mol. The average Bonchev–Trinajstić information content (AvgIpc) is 2.00. The molecular formula is C8H18N2O2. The van der Waals surface area contributed by atoms with Crippen LogP contribution < -0.4 is 10.6 Å². The maximum Gasteiger partial charge on any atom is 0.0928 e. The molecule has 1 aliphatic rings. The van der Waals surface area contributed by atoms with Gasteiger partial charge in [-0.15, -0.1) is 0 Å². The molecule has 0 aromatic heterocycles. The van der Waals surface area contributed by atoms with E-state index in [1.165, 1.54) is 0 Å². The van der Waals surface area contributed by atoms with Gasteiger partial charge in [-0.05, 0) is 0 Å². The third kappa shape index (κ3) is 3.06. The van der Waals surface area contributed by atoms with E-state index < -0.39 is 0 Å². The number of hydrogen-bond donors (Lipinski definition) is 2. The molecule has 0 radical (unpaired) electrons. The first kappa shape index (κ1) is 9.92. The van der Waals surface area contributed by atoms with Crippen LogP contribution in [0.15, 0.2) is 0 Å². The lowest BCUT2D eigenvalue weighted by molar-refractivity contribution is 0.0263. The molecule has 1 heterocycles. The Hall–Kier alpha value is -0.160. The van der Waals surface area contributed by atoms with Crippen molar-refractivity contribution in [2.45, 2.75) is 12.1 Å².